The van der Waals surface area contributed by atoms with Crippen LogP contribution in [0.3, 0.4) is 0 Å². The van der Waals surface area contributed by atoms with Gasteiger partial charge in [0.05, 0.1) is 6.54 Å². The number of amides is 2. The largest absolute Gasteiger partial charge is 0.354 e. The standard InChI is InChI=1S/C11H12BrN3O2/c12-9-4-1-3-8(14-9)11(17)15-6-2-5-13-10(16)7-15/h1,3-4H,2,5-7H2,(H,13,16). The first kappa shape index (κ1) is 12.0. The molecule has 5 nitrogen and oxygen atoms in total. The van der Waals surface area contributed by atoms with Crippen molar-refractivity contribution in [2.45, 2.75) is 6.42 Å². The van der Waals surface area contributed by atoms with Gasteiger partial charge in [-0.25, -0.2) is 4.98 Å². The summed E-state index contributed by atoms with van der Waals surface area (Å²) in [4.78, 5) is 29.1. The van der Waals surface area contributed by atoms with Gasteiger partial charge in [0.15, 0.2) is 0 Å². The summed E-state index contributed by atoms with van der Waals surface area (Å²) in [5, 5.41) is 2.73. The monoisotopic (exact) mass is 297 g/mol. The van der Waals surface area contributed by atoms with Crippen LogP contribution >= 0.6 is 15.9 Å². The first-order chi connectivity index (χ1) is 8.16. The maximum absolute atomic E-state index is 12.1. The van der Waals surface area contributed by atoms with E-state index in [2.05, 4.69) is 26.2 Å². The quantitative estimate of drug-likeness (QED) is 0.780. The topological polar surface area (TPSA) is 62.3 Å². The van der Waals surface area contributed by atoms with E-state index >= 15 is 0 Å². The first-order valence-electron chi connectivity index (χ1n) is 5.35. The third kappa shape index (κ3) is 3.03. The number of hydrogen-bond acceptors (Lipinski definition) is 3. The van der Waals surface area contributed by atoms with E-state index in [1.807, 2.05) is 0 Å². The van der Waals surface area contributed by atoms with Crippen molar-refractivity contribution in [1.29, 1.82) is 0 Å². The van der Waals surface area contributed by atoms with Crippen molar-refractivity contribution >= 4 is 27.7 Å². The molecule has 90 valence electrons. The fourth-order valence-electron chi connectivity index (χ4n) is 1.67. The van der Waals surface area contributed by atoms with E-state index in [0.29, 0.717) is 23.4 Å². The van der Waals surface area contributed by atoms with Gasteiger partial charge >= 0.3 is 0 Å². The number of carbonyl (C=O) groups excluding carboxylic acids is 2. The van der Waals surface area contributed by atoms with Gasteiger partial charge in [0.1, 0.15) is 10.3 Å². The van der Waals surface area contributed by atoms with Crippen molar-refractivity contribution < 1.29 is 9.59 Å². The van der Waals surface area contributed by atoms with Gasteiger partial charge in [-0.2, -0.15) is 0 Å². The van der Waals surface area contributed by atoms with Crippen molar-refractivity contribution in [2.24, 2.45) is 0 Å². The van der Waals surface area contributed by atoms with Crippen LogP contribution in [-0.2, 0) is 4.79 Å². The van der Waals surface area contributed by atoms with E-state index in [4.69, 9.17) is 0 Å². The van der Waals surface area contributed by atoms with Crippen LogP contribution in [0.1, 0.15) is 16.9 Å². The molecule has 0 spiro atoms. The zero-order valence-corrected chi connectivity index (χ0v) is 10.7. The summed E-state index contributed by atoms with van der Waals surface area (Å²) in [5.41, 5.74) is 0.356. The third-order valence-corrected chi connectivity index (χ3v) is 2.92. The smallest absolute Gasteiger partial charge is 0.272 e. The summed E-state index contributed by atoms with van der Waals surface area (Å²) in [6.45, 7) is 1.30. The number of pyridine rings is 1. The van der Waals surface area contributed by atoms with Crippen molar-refractivity contribution in [3.63, 3.8) is 0 Å². The summed E-state index contributed by atoms with van der Waals surface area (Å²) < 4.78 is 0.614. The molecular weight excluding hydrogens is 286 g/mol. The predicted octanol–water partition coefficient (Wildman–Crippen LogP) is 0.806. The van der Waals surface area contributed by atoms with Crippen LogP contribution in [0.4, 0.5) is 0 Å². The Labute approximate surface area is 107 Å². The van der Waals surface area contributed by atoms with Crippen molar-refractivity contribution in [3.05, 3.63) is 28.5 Å². The predicted molar refractivity (Wildman–Crippen MR) is 65.5 cm³/mol. The van der Waals surface area contributed by atoms with E-state index < -0.39 is 0 Å². The van der Waals surface area contributed by atoms with Crippen LogP contribution in [0, 0.1) is 0 Å². The molecule has 2 amide bonds. The zero-order chi connectivity index (χ0) is 12.3. The molecule has 0 radical (unpaired) electrons. The fourth-order valence-corrected chi connectivity index (χ4v) is 2.01. The second-order valence-corrected chi connectivity index (χ2v) is 4.59. The number of halogens is 1. The molecular formula is C11H12BrN3O2. The summed E-state index contributed by atoms with van der Waals surface area (Å²) >= 11 is 3.22. The molecule has 6 heteroatoms. The molecule has 17 heavy (non-hydrogen) atoms. The number of nitrogens with zero attached hydrogens (tertiary/aromatic N) is 2. The number of nitrogens with one attached hydrogen (secondary N) is 1. The molecule has 2 rings (SSSR count). The third-order valence-electron chi connectivity index (χ3n) is 2.48. The van der Waals surface area contributed by atoms with Crippen molar-refractivity contribution in [1.82, 2.24) is 15.2 Å². The molecule has 0 unspecified atom stereocenters. The Kier molecular flexibility index (Phi) is 3.73. The molecule has 2 heterocycles. The molecule has 0 bridgehead atoms. The average molecular weight is 298 g/mol. The van der Waals surface area contributed by atoms with E-state index in [9.17, 15) is 9.59 Å². The van der Waals surface area contributed by atoms with Gasteiger partial charge in [-0.05, 0) is 34.5 Å². The lowest BCUT2D eigenvalue weighted by atomic mass is 10.3. The summed E-state index contributed by atoms with van der Waals surface area (Å²) in [6.07, 6.45) is 0.769. The molecule has 0 aromatic carbocycles. The summed E-state index contributed by atoms with van der Waals surface area (Å²) in [6, 6.07) is 5.16. The number of aromatic nitrogens is 1. The molecule has 0 aliphatic carbocycles. The van der Waals surface area contributed by atoms with Crippen LogP contribution in [0.15, 0.2) is 22.8 Å². The molecule has 1 aromatic rings. The maximum Gasteiger partial charge on any atom is 0.272 e. The summed E-state index contributed by atoms with van der Waals surface area (Å²) in [5.74, 6) is -0.325. The molecule has 1 N–H and O–H groups in total. The van der Waals surface area contributed by atoms with Crippen molar-refractivity contribution in [2.75, 3.05) is 19.6 Å². The average Bonchev–Trinajstić information content (AvgIpc) is 2.53. The van der Waals surface area contributed by atoms with Gasteiger partial charge in [0.25, 0.3) is 5.91 Å². The van der Waals surface area contributed by atoms with Crippen LogP contribution in [0.2, 0.25) is 0 Å². The van der Waals surface area contributed by atoms with Gasteiger partial charge in [0, 0.05) is 13.1 Å². The highest BCUT2D eigenvalue weighted by molar-refractivity contribution is 9.10. The second-order valence-electron chi connectivity index (χ2n) is 3.78. The highest BCUT2D eigenvalue weighted by Crippen LogP contribution is 2.09. The maximum atomic E-state index is 12.1. The van der Waals surface area contributed by atoms with Crippen LogP contribution in [0.25, 0.3) is 0 Å². The highest BCUT2D eigenvalue weighted by Gasteiger charge is 2.21. The van der Waals surface area contributed by atoms with E-state index in [-0.39, 0.29) is 18.4 Å². The minimum atomic E-state index is -0.205. The van der Waals surface area contributed by atoms with Crippen LogP contribution in [0.5, 0.6) is 0 Å². The normalized spacial score (nSPS) is 16.3. The Hall–Kier alpha value is -1.43. The molecule has 0 atom stereocenters. The number of rotatable bonds is 1. The molecule has 1 aliphatic rings. The Morgan fingerprint density at radius 3 is 3.06 bits per heavy atom. The van der Waals surface area contributed by atoms with E-state index in [1.165, 1.54) is 4.90 Å². The van der Waals surface area contributed by atoms with Gasteiger partial charge in [-0.1, -0.05) is 6.07 Å². The zero-order valence-electron chi connectivity index (χ0n) is 9.15. The minimum absolute atomic E-state index is 0.104. The van der Waals surface area contributed by atoms with Crippen LogP contribution < -0.4 is 5.32 Å². The molecule has 0 saturated carbocycles. The van der Waals surface area contributed by atoms with Gasteiger partial charge in [0.2, 0.25) is 5.91 Å². The lowest BCUT2D eigenvalue weighted by molar-refractivity contribution is -0.121. The highest BCUT2D eigenvalue weighted by atomic mass is 79.9. The van der Waals surface area contributed by atoms with Gasteiger partial charge in [-0.3, -0.25) is 9.59 Å². The number of hydrogen-bond donors (Lipinski definition) is 1. The SMILES string of the molecule is O=C1CN(C(=O)c2cccc(Br)n2)CCCN1. The number of carbonyl (C=O) groups is 2. The molecule has 1 fully saturated rings. The molecule has 1 aromatic heterocycles. The second kappa shape index (κ2) is 5.27. The van der Waals surface area contributed by atoms with Crippen LogP contribution in [-0.4, -0.2) is 41.3 Å². The van der Waals surface area contributed by atoms with E-state index in [0.717, 1.165) is 6.42 Å². The lowest BCUT2D eigenvalue weighted by Crippen LogP contribution is -2.37. The van der Waals surface area contributed by atoms with Gasteiger partial charge in [-0.15, -0.1) is 0 Å². The Morgan fingerprint density at radius 2 is 2.29 bits per heavy atom. The fraction of sp³-hybridized carbons (Fsp3) is 0.364. The van der Waals surface area contributed by atoms with Crippen molar-refractivity contribution in [3.8, 4) is 0 Å². The lowest BCUT2D eigenvalue weighted by Gasteiger charge is -2.18. The minimum Gasteiger partial charge on any atom is -0.354 e. The van der Waals surface area contributed by atoms with E-state index in [1.54, 1.807) is 18.2 Å². The molecule has 1 aliphatic heterocycles. The Morgan fingerprint density at radius 1 is 1.47 bits per heavy atom. The first-order valence-corrected chi connectivity index (χ1v) is 6.14. The van der Waals surface area contributed by atoms with Gasteiger partial charge < -0.3 is 10.2 Å². The summed E-state index contributed by atoms with van der Waals surface area (Å²) in [7, 11) is 0. The Bertz CT molecular complexity index is 450. The Balaban J connectivity index is 2.16. The molecule has 1 saturated heterocycles.